The van der Waals surface area contributed by atoms with Gasteiger partial charge in [-0.3, -0.25) is 9.69 Å². The SMILES string of the molecule is CN1[C@@H](CC(=O)c2ccccc2)CCC[C@H]1C[C@H](Cl)c1ccccc1. The number of nitrogens with zero attached hydrogens (tertiary/aromatic N) is 1. The molecule has 0 N–H and O–H groups in total. The molecule has 0 radical (unpaired) electrons. The second kappa shape index (κ2) is 8.64. The van der Waals surface area contributed by atoms with Gasteiger partial charge in [-0.1, -0.05) is 67.1 Å². The van der Waals surface area contributed by atoms with Gasteiger partial charge in [0.25, 0.3) is 0 Å². The van der Waals surface area contributed by atoms with E-state index in [1.54, 1.807) is 0 Å². The molecule has 0 aromatic heterocycles. The fourth-order valence-corrected chi connectivity index (χ4v) is 4.17. The van der Waals surface area contributed by atoms with Crippen LogP contribution in [0.25, 0.3) is 0 Å². The number of carbonyl (C=O) groups excluding carboxylic acids is 1. The normalized spacial score (nSPS) is 22.5. The zero-order valence-electron chi connectivity index (χ0n) is 14.8. The molecule has 25 heavy (non-hydrogen) atoms. The van der Waals surface area contributed by atoms with Gasteiger partial charge < -0.3 is 0 Å². The second-order valence-electron chi connectivity index (χ2n) is 7.01. The number of rotatable bonds is 6. The van der Waals surface area contributed by atoms with Gasteiger partial charge in [0.05, 0.1) is 5.38 Å². The molecule has 1 heterocycles. The summed E-state index contributed by atoms with van der Waals surface area (Å²) in [6.45, 7) is 0. The largest absolute Gasteiger partial charge is 0.300 e. The summed E-state index contributed by atoms with van der Waals surface area (Å²) in [5.74, 6) is 0.239. The number of carbonyl (C=O) groups is 1. The minimum atomic E-state index is 0.0252. The van der Waals surface area contributed by atoms with Gasteiger partial charge in [-0.15, -0.1) is 11.6 Å². The van der Waals surface area contributed by atoms with Crippen LogP contribution in [0, 0.1) is 0 Å². The quantitative estimate of drug-likeness (QED) is 0.505. The minimum Gasteiger partial charge on any atom is -0.300 e. The van der Waals surface area contributed by atoms with Gasteiger partial charge in [0.1, 0.15) is 0 Å². The smallest absolute Gasteiger partial charge is 0.164 e. The van der Waals surface area contributed by atoms with Crippen LogP contribution in [0.1, 0.15) is 53.4 Å². The van der Waals surface area contributed by atoms with Gasteiger partial charge in [0.2, 0.25) is 0 Å². The van der Waals surface area contributed by atoms with Gasteiger partial charge in [-0.2, -0.15) is 0 Å². The van der Waals surface area contributed by atoms with Gasteiger partial charge in [0, 0.05) is 24.1 Å². The van der Waals surface area contributed by atoms with Crippen LogP contribution in [0.5, 0.6) is 0 Å². The number of Topliss-reactive ketones (excluding diaryl/α,β-unsaturated/α-hetero) is 1. The number of benzene rings is 2. The molecule has 1 aliphatic rings. The lowest BCUT2D eigenvalue weighted by Gasteiger charge is -2.40. The van der Waals surface area contributed by atoms with E-state index in [0.29, 0.717) is 18.5 Å². The van der Waals surface area contributed by atoms with E-state index < -0.39 is 0 Å². The minimum absolute atomic E-state index is 0.0252. The third kappa shape index (κ3) is 4.71. The molecular formula is C22H26ClNO. The Balaban J connectivity index is 1.61. The van der Waals surface area contributed by atoms with Crippen molar-refractivity contribution in [3.8, 4) is 0 Å². The highest BCUT2D eigenvalue weighted by molar-refractivity contribution is 6.20. The third-order valence-electron chi connectivity index (χ3n) is 5.38. The Morgan fingerprint density at radius 1 is 1.04 bits per heavy atom. The lowest BCUT2D eigenvalue weighted by atomic mass is 9.89. The molecule has 1 aliphatic heterocycles. The van der Waals surface area contributed by atoms with E-state index in [2.05, 4.69) is 24.1 Å². The van der Waals surface area contributed by atoms with Crippen molar-refractivity contribution in [2.45, 2.75) is 49.6 Å². The molecule has 0 unspecified atom stereocenters. The molecule has 2 aromatic carbocycles. The monoisotopic (exact) mass is 355 g/mol. The maximum absolute atomic E-state index is 12.6. The van der Waals surface area contributed by atoms with Crippen molar-refractivity contribution in [2.75, 3.05) is 7.05 Å². The third-order valence-corrected chi connectivity index (χ3v) is 5.81. The van der Waals surface area contributed by atoms with Crippen LogP contribution in [0.15, 0.2) is 60.7 Å². The topological polar surface area (TPSA) is 20.3 Å². The summed E-state index contributed by atoms with van der Waals surface area (Å²) in [5.41, 5.74) is 2.00. The number of ketones is 1. The summed E-state index contributed by atoms with van der Waals surface area (Å²) in [5, 5.41) is 0.0252. The first kappa shape index (κ1) is 18.2. The van der Waals surface area contributed by atoms with Crippen LogP contribution in [0.3, 0.4) is 0 Å². The van der Waals surface area contributed by atoms with Crippen LogP contribution >= 0.6 is 11.6 Å². The maximum Gasteiger partial charge on any atom is 0.164 e. The number of hydrogen-bond donors (Lipinski definition) is 0. The second-order valence-corrected chi connectivity index (χ2v) is 7.54. The highest BCUT2D eigenvalue weighted by Crippen LogP contribution is 2.33. The molecule has 0 bridgehead atoms. The van der Waals surface area contributed by atoms with Crippen LogP contribution in [-0.4, -0.2) is 29.8 Å². The predicted octanol–water partition coefficient (Wildman–Crippen LogP) is 5.48. The van der Waals surface area contributed by atoms with Gasteiger partial charge >= 0.3 is 0 Å². The first-order valence-corrected chi connectivity index (χ1v) is 9.58. The molecule has 0 saturated carbocycles. The lowest BCUT2D eigenvalue weighted by molar-refractivity contribution is 0.0783. The Kier molecular flexibility index (Phi) is 6.28. The summed E-state index contributed by atoms with van der Waals surface area (Å²) >= 11 is 6.66. The highest BCUT2D eigenvalue weighted by atomic mass is 35.5. The van der Waals surface area contributed by atoms with Gasteiger partial charge in [0.15, 0.2) is 5.78 Å². The van der Waals surface area contributed by atoms with E-state index in [9.17, 15) is 4.79 Å². The van der Waals surface area contributed by atoms with Crippen LogP contribution in [0.2, 0.25) is 0 Å². The van der Waals surface area contributed by atoms with Gasteiger partial charge in [-0.25, -0.2) is 0 Å². The van der Waals surface area contributed by atoms with E-state index in [0.717, 1.165) is 24.8 Å². The number of piperidine rings is 1. The molecule has 1 fully saturated rings. The van der Waals surface area contributed by atoms with Crippen LogP contribution in [0.4, 0.5) is 0 Å². The van der Waals surface area contributed by atoms with Crippen LogP contribution in [-0.2, 0) is 0 Å². The molecule has 0 aliphatic carbocycles. The molecule has 0 amide bonds. The van der Waals surface area contributed by atoms with Crippen molar-refractivity contribution >= 4 is 17.4 Å². The maximum atomic E-state index is 12.6. The van der Waals surface area contributed by atoms with E-state index >= 15 is 0 Å². The Labute approximate surface area is 155 Å². The number of halogens is 1. The number of likely N-dealkylation sites (tertiary alicyclic amines) is 1. The van der Waals surface area contributed by atoms with Gasteiger partial charge in [-0.05, 0) is 31.9 Å². The predicted molar refractivity (Wildman–Crippen MR) is 104 cm³/mol. The molecular weight excluding hydrogens is 330 g/mol. The first-order chi connectivity index (χ1) is 12.1. The summed E-state index contributed by atoms with van der Waals surface area (Å²) in [6, 6.07) is 20.7. The van der Waals surface area contributed by atoms with E-state index in [1.807, 2.05) is 48.5 Å². The number of hydrogen-bond acceptors (Lipinski definition) is 2. The van der Waals surface area contributed by atoms with Crippen molar-refractivity contribution < 1.29 is 4.79 Å². The molecule has 3 rings (SSSR count). The zero-order valence-corrected chi connectivity index (χ0v) is 15.5. The lowest BCUT2D eigenvalue weighted by Crippen LogP contribution is -2.45. The standard InChI is InChI=1S/C22H26ClNO/c1-24-19(15-21(23)17-9-4-2-5-10-17)13-8-14-20(24)16-22(25)18-11-6-3-7-12-18/h2-7,9-12,19-21H,8,13-16H2,1H3/t19-,20+,21-/m0/s1. The molecule has 0 spiro atoms. The van der Waals surface area contributed by atoms with Crippen molar-refractivity contribution in [3.05, 3.63) is 71.8 Å². The summed E-state index contributed by atoms with van der Waals surface area (Å²) in [7, 11) is 2.15. The van der Waals surface area contributed by atoms with E-state index in [4.69, 9.17) is 11.6 Å². The first-order valence-electron chi connectivity index (χ1n) is 9.14. The average molecular weight is 356 g/mol. The summed E-state index contributed by atoms with van der Waals surface area (Å²) in [6.07, 6.45) is 4.93. The molecule has 3 atom stereocenters. The molecule has 2 nitrogen and oxygen atoms in total. The zero-order chi connectivity index (χ0) is 17.6. The average Bonchev–Trinajstić information content (AvgIpc) is 2.66. The fourth-order valence-electron chi connectivity index (χ4n) is 3.82. The van der Waals surface area contributed by atoms with Crippen molar-refractivity contribution in [1.29, 1.82) is 0 Å². The Bertz CT molecular complexity index is 673. The fraction of sp³-hybridized carbons (Fsp3) is 0.409. The van der Waals surface area contributed by atoms with Crippen molar-refractivity contribution in [3.63, 3.8) is 0 Å². The molecule has 2 aromatic rings. The molecule has 132 valence electrons. The summed E-state index contributed by atoms with van der Waals surface area (Å²) < 4.78 is 0. The van der Waals surface area contributed by atoms with E-state index in [-0.39, 0.29) is 11.2 Å². The van der Waals surface area contributed by atoms with E-state index in [1.165, 1.54) is 12.0 Å². The molecule has 3 heteroatoms. The van der Waals surface area contributed by atoms with Crippen molar-refractivity contribution in [2.24, 2.45) is 0 Å². The number of alkyl halides is 1. The summed E-state index contributed by atoms with van der Waals surface area (Å²) in [4.78, 5) is 14.9. The Hall–Kier alpha value is -1.64. The molecule has 1 saturated heterocycles. The highest BCUT2D eigenvalue weighted by Gasteiger charge is 2.30. The Morgan fingerprint density at radius 2 is 1.64 bits per heavy atom. The van der Waals surface area contributed by atoms with Crippen LogP contribution < -0.4 is 0 Å². The Morgan fingerprint density at radius 3 is 2.32 bits per heavy atom. The van der Waals surface area contributed by atoms with Crippen molar-refractivity contribution in [1.82, 2.24) is 4.90 Å².